The van der Waals surface area contributed by atoms with E-state index in [0.717, 1.165) is 12.2 Å². The number of benzene rings is 1. The SMILES string of the molecule is CN(C)c1cccc(C(=O)N2CCNCC2C#N)c1. The van der Waals surface area contributed by atoms with Gasteiger partial charge >= 0.3 is 0 Å². The molecule has 1 aliphatic rings. The average Bonchev–Trinajstić information content (AvgIpc) is 2.46. The van der Waals surface area contributed by atoms with Gasteiger partial charge in [0.25, 0.3) is 5.91 Å². The third kappa shape index (κ3) is 2.85. The van der Waals surface area contributed by atoms with E-state index in [1.807, 2.05) is 37.2 Å². The fourth-order valence-corrected chi connectivity index (χ4v) is 2.15. The highest BCUT2D eigenvalue weighted by Crippen LogP contribution is 2.16. The summed E-state index contributed by atoms with van der Waals surface area (Å²) in [6.45, 7) is 1.84. The van der Waals surface area contributed by atoms with E-state index >= 15 is 0 Å². The summed E-state index contributed by atoms with van der Waals surface area (Å²) in [5.74, 6) is -0.0725. The highest BCUT2D eigenvalue weighted by molar-refractivity contribution is 5.95. The van der Waals surface area contributed by atoms with Gasteiger partial charge in [-0.05, 0) is 18.2 Å². The second-order valence-electron chi connectivity index (χ2n) is 4.79. The van der Waals surface area contributed by atoms with Gasteiger partial charge in [-0.25, -0.2) is 0 Å². The summed E-state index contributed by atoms with van der Waals surface area (Å²) in [4.78, 5) is 16.1. The van der Waals surface area contributed by atoms with Crippen molar-refractivity contribution in [1.29, 1.82) is 5.26 Å². The first-order valence-electron chi connectivity index (χ1n) is 6.32. The summed E-state index contributed by atoms with van der Waals surface area (Å²) < 4.78 is 0. The van der Waals surface area contributed by atoms with E-state index in [4.69, 9.17) is 5.26 Å². The zero-order valence-electron chi connectivity index (χ0n) is 11.3. The van der Waals surface area contributed by atoms with Crippen LogP contribution in [-0.4, -0.2) is 50.6 Å². The highest BCUT2D eigenvalue weighted by Gasteiger charge is 2.27. The Balaban J connectivity index is 2.23. The molecule has 19 heavy (non-hydrogen) atoms. The molecule has 0 radical (unpaired) electrons. The third-order valence-corrected chi connectivity index (χ3v) is 3.26. The molecule has 0 bridgehead atoms. The Kier molecular flexibility index (Phi) is 4.03. The molecular weight excluding hydrogens is 240 g/mol. The van der Waals surface area contributed by atoms with E-state index in [-0.39, 0.29) is 11.9 Å². The van der Waals surface area contributed by atoms with Crippen LogP contribution in [0.4, 0.5) is 5.69 Å². The first-order chi connectivity index (χ1) is 9.13. The number of nitrogens with zero attached hydrogens (tertiary/aromatic N) is 3. The molecule has 1 atom stereocenters. The van der Waals surface area contributed by atoms with E-state index < -0.39 is 0 Å². The average molecular weight is 258 g/mol. The van der Waals surface area contributed by atoms with E-state index in [9.17, 15) is 4.79 Å². The van der Waals surface area contributed by atoms with Crippen LogP contribution < -0.4 is 10.2 Å². The maximum absolute atomic E-state index is 12.5. The molecule has 1 fully saturated rings. The van der Waals surface area contributed by atoms with E-state index in [0.29, 0.717) is 18.7 Å². The van der Waals surface area contributed by atoms with Crippen molar-refractivity contribution >= 4 is 11.6 Å². The largest absolute Gasteiger partial charge is 0.378 e. The Bertz CT molecular complexity index is 506. The molecule has 100 valence electrons. The fraction of sp³-hybridized carbons (Fsp3) is 0.429. The number of carbonyl (C=O) groups excluding carboxylic acids is 1. The minimum Gasteiger partial charge on any atom is -0.378 e. The Hall–Kier alpha value is -2.06. The standard InChI is InChI=1S/C14H18N4O/c1-17(2)12-5-3-4-11(8-12)14(19)18-7-6-16-10-13(18)9-15/h3-5,8,13,16H,6-7,10H2,1-2H3. The summed E-state index contributed by atoms with van der Waals surface area (Å²) in [5.41, 5.74) is 1.61. The number of piperazine rings is 1. The lowest BCUT2D eigenvalue weighted by Crippen LogP contribution is -2.53. The Morgan fingerprint density at radius 2 is 2.32 bits per heavy atom. The molecule has 5 nitrogen and oxygen atoms in total. The number of nitrogens with one attached hydrogen (secondary N) is 1. The number of hydrogen-bond donors (Lipinski definition) is 1. The monoisotopic (exact) mass is 258 g/mol. The number of hydrogen-bond acceptors (Lipinski definition) is 4. The molecule has 0 aliphatic carbocycles. The molecule has 1 amide bonds. The molecule has 0 aromatic heterocycles. The van der Waals surface area contributed by atoms with Gasteiger partial charge in [0.2, 0.25) is 0 Å². The molecule has 0 saturated carbocycles. The number of nitriles is 1. The summed E-state index contributed by atoms with van der Waals surface area (Å²) in [6, 6.07) is 9.27. The molecule has 1 aliphatic heterocycles. The topological polar surface area (TPSA) is 59.4 Å². The van der Waals surface area contributed by atoms with Crippen molar-refractivity contribution in [2.75, 3.05) is 38.6 Å². The molecule has 0 spiro atoms. The molecule has 1 N–H and O–H groups in total. The van der Waals surface area contributed by atoms with Crippen molar-refractivity contribution in [2.45, 2.75) is 6.04 Å². The van der Waals surface area contributed by atoms with Crippen LogP contribution >= 0.6 is 0 Å². The lowest BCUT2D eigenvalue weighted by molar-refractivity contribution is 0.0687. The van der Waals surface area contributed by atoms with Gasteiger partial charge in [-0.15, -0.1) is 0 Å². The first kappa shape index (κ1) is 13.4. The second-order valence-corrected chi connectivity index (χ2v) is 4.79. The molecule has 1 saturated heterocycles. The second kappa shape index (κ2) is 5.72. The summed E-state index contributed by atoms with van der Waals surface area (Å²) >= 11 is 0. The van der Waals surface area contributed by atoms with Crippen LogP contribution in [0.2, 0.25) is 0 Å². The number of anilines is 1. The zero-order valence-corrected chi connectivity index (χ0v) is 11.3. The summed E-state index contributed by atoms with van der Waals surface area (Å²) in [6.07, 6.45) is 0. The maximum atomic E-state index is 12.5. The van der Waals surface area contributed by atoms with Gasteiger partial charge < -0.3 is 15.1 Å². The van der Waals surface area contributed by atoms with Crippen LogP contribution in [0, 0.1) is 11.3 Å². The van der Waals surface area contributed by atoms with Gasteiger partial charge in [-0.2, -0.15) is 5.26 Å². The van der Waals surface area contributed by atoms with Crippen LogP contribution in [0.1, 0.15) is 10.4 Å². The minimum absolute atomic E-state index is 0.0725. The van der Waals surface area contributed by atoms with Gasteiger partial charge in [-0.1, -0.05) is 6.07 Å². The Morgan fingerprint density at radius 1 is 1.53 bits per heavy atom. The van der Waals surface area contributed by atoms with Crippen molar-refractivity contribution in [3.05, 3.63) is 29.8 Å². The first-order valence-corrected chi connectivity index (χ1v) is 6.32. The smallest absolute Gasteiger partial charge is 0.255 e. The maximum Gasteiger partial charge on any atom is 0.255 e. The molecule has 1 heterocycles. The van der Waals surface area contributed by atoms with Crippen LogP contribution in [0.15, 0.2) is 24.3 Å². The van der Waals surface area contributed by atoms with Gasteiger partial charge in [0.1, 0.15) is 6.04 Å². The molecule has 1 unspecified atom stereocenters. The molecule has 5 heteroatoms. The minimum atomic E-state index is -0.385. The van der Waals surface area contributed by atoms with Gasteiger partial charge in [-0.3, -0.25) is 4.79 Å². The van der Waals surface area contributed by atoms with Gasteiger partial charge in [0, 0.05) is 45.0 Å². The van der Waals surface area contributed by atoms with E-state index in [1.54, 1.807) is 11.0 Å². The molecule has 1 aromatic rings. The van der Waals surface area contributed by atoms with Crippen molar-refractivity contribution in [3.8, 4) is 6.07 Å². The highest BCUT2D eigenvalue weighted by atomic mass is 16.2. The molecule has 1 aromatic carbocycles. The lowest BCUT2D eigenvalue weighted by Gasteiger charge is -2.32. The van der Waals surface area contributed by atoms with E-state index in [1.165, 1.54) is 0 Å². The number of rotatable bonds is 2. The Morgan fingerprint density at radius 3 is 3.00 bits per heavy atom. The van der Waals surface area contributed by atoms with Crippen LogP contribution in [0.5, 0.6) is 0 Å². The Labute approximate surface area is 113 Å². The van der Waals surface area contributed by atoms with Crippen LogP contribution in [0.25, 0.3) is 0 Å². The van der Waals surface area contributed by atoms with Crippen molar-refractivity contribution in [3.63, 3.8) is 0 Å². The normalized spacial score (nSPS) is 18.8. The summed E-state index contributed by atoms with van der Waals surface area (Å²) in [7, 11) is 3.87. The lowest BCUT2D eigenvalue weighted by atomic mass is 10.1. The number of carbonyl (C=O) groups is 1. The third-order valence-electron chi connectivity index (χ3n) is 3.26. The quantitative estimate of drug-likeness (QED) is 0.848. The van der Waals surface area contributed by atoms with Gasteiger partial charge in [0.15, 0.2) is 0 Å². The fourth-order valence-electron chi connectivity index (χ4n) is 2.15. The predicted octanol–water partition coefficient (Wildman–Crippen LogP) is 0.690. The van der Waals surface area contributed by atoms with Crippen LogP contribution in [-0.2, 0) is 0 Å². The van der Waals surface area contributed by atoms with Crippen molar-refractivity contribution in [1.82, 2.24) is 10.2 Å². The van der Waals surface area contributed by atoms with Crippen LogP contribution in [0.3, 0.4) is 0 Å². The van der Waals surface area contributed by atoms with E-state index in [2.05, 4.69) is 11.4 Å². The molecular formula is C14H18N4O. The number of amides is 1. The zero-order chi connectivity index (χ0) is 13.8. The van der Waals surface area contributed by atoms with Gasteiger partial charge in [0.05, 0.1) is 6.07 Å². The summed E-state index contributed by atoms with van der Waals surface area (Å²) in [5, 5.41) is 12.2. The molecule has 2 rings (SSSR count). The predicted molar refractivity (Wildman–Crippen MR) is 74.1 cm³/mol. The van der Waals surface area contributed by atoms with Crippen molar-refractivity contribution in [2.24, 2.45) is 0 Å². The van der Waals surface area contributed by atoms with Crippen molar-refractivity contribution < 1.29 is 4.79 Å².